The Morgan fingerprint density at radius 3 is 2.33 bits per heavy atom. The first kappa shape index (κ1) is 15.7. The Bertz CT molecular complexity index is 578. The Morgan fingerprint density at radius 1 is 1.05 bits per heavy atom. The smallest absolute Gasteiger partial charge is 0.121 e. The second-order valence-corrected chi connectivity index (χ2v) is 6.02. The maximum atomic E-state index is 6.18. The van der Waals surface area contributed by atoms with Gasteiger partial charge in [-0.3, -0.25) is 0 Å². The van der Waals surface area contributed by atoms with Crippen LogP contribution in [-0.2, 0) is 13.0 Å². The first-order valence-corrected chi connectivity index (χ1v) is 7.61. The highest BCUT2D eigenvalue weighted by Crippen LogP contribution is 2.27. The number of rotatable bonds is 6. The molecule has 0 atom stereocenters. The van der Waals surface area contributed by atoms with Gasteiger partial charge < -0.3 is 10.1 Å². The van der Waals surface area contributed by atoms with Gasteiger partial charge in [0.1, 0.15) is 5.75 Å². The summed E-state index contributed by atoms with van der Waals surface area (Å²) in [4.78, 5) is 0. The van der Waals surface area contributed by atoms with Crippen LogP contribution < -0.4 is 10.1 Å². The molecule has 112 valence electrons. The SMILES string of the molecule is COc1ccc(Cl)c(NCc2ccc(CC(C)C)cc2)c1. The molecule has 0 saturated heterocycles. The van der Waals surface area contributed by atoms with Crippen LogP contribution in [0.3, 0.4) is 0 Å². The molecular formula is C18H22ClNO. The molecule has 2 nitrogen and oxygen atoms in total. The lowest BCUT2D eigenvalue weighted by atomic mass is 10.0. The van der Waals surface area contributed by atoms with Gasteiger partial charge in [0.15, 0.2) is 0 Å². The Kier molecular flexibility index (Phi) is 5.51. The van der Waals surface area contributed by atoms with Crippen molar-refractivity contribution in [3.8, 4) is 5.75 Å². The van der Waals surface area contributed by atoms with Crippen LogP contribution in [0.1, 0.15) is 25.0 Å². The van der Waals surface area contributed by atoms with Crippen LogP contribution in [-0.4, -0.2) is 7.11 Å². The Labute approximate surface area is 132 Å². The topological polar surface area (TPSA) is 21.3 Å². The predicted molar refractivity (Wildman–Crippen MR) is 90.3 cm³/mol. The average Bonchev–Trinajstić information content (AvgIpc) is 2.47. The lowest BCUT2D eigenvalue weighted by Gasteiger charge is -2.11. The number of anilines is 1. The van der Waals surface area contributed by atoms with E-state index in [2.05, 4.69) is 43.4 Å². The van der Waals surface area contributed by atoms with Crippen LogP contribution in [0.2, 0.25) is 5.02 Å². The minimum Gasteiger partial charge on any atom is -0.497 e. The van der Waals surface area contributed by atoms with E-state index in [1.165, 1.54) is 11.1 Å². The molecule has 0 aromatic heterocycles. The van der Waals surface area contributed by atoms with Crippen LogP contribution in [0.15, 0.2) is 42.5 Å². The van der Waals surface area contributed by atoms with Crippen molar-refractivity contribution >= 4 is 17.3 Å². The molecule has 0 saturated carbocycles. The molecule has 0 aliphatic carbocycles. The van der Waals surface area contributed by atoms with Gasteiger partial charge in [-0.25, -0.2) is 0 Å². The maximum absolute atomic E-state index is 6.18. The molecule has 2 aromatic carbocycles. The fourth-order valence-corrected chi connectivity index (χ4v) is 2.41. The molecule has 0 aliphatic heterocycles. The first-order valence-electron chi connectivity index (χ1n) is 7.23. The zero-order valence-corrected chi connectivity index (χ0v) is 13.6. The molecule has 0 spiro atoms. The van der Waals surface area contributed by atoms with Gasteiger partial charge in [-0.2, -0.15) is 0 Å². The number of hydrogen-bond donors (Lipinski definition) is 1. The number of ether oxygens (including phenoxy) is 1. The predicted octanol–water partition coefficient (Wildman–Crippen LogP) is 5.16. The number of nitrogens with one attached hydrogen (secondary N) is 1. The molecule has 2 rings (SSSR count). The summed E-state index contributed by atoms with van der Waals surface area (Å²) >= 11 is 6.18. The highest BCUT2D eigenvalue weighted by Gasteiger charge is 2.03. The van der Waals surface area contributed by atoms with Crippen molar-refractivity contribution in [2.45, 2.75) is 26.8 Å². The molecule has 0 aliphatic rings. The highest BCUT2D eigenvalue weighted by atomic mass is 35.5. The van der Waals surface area contributed by atoms with E-state index in [9.17, 15) is 0 Å². The van der Waals surface area contributed by atoms with Crippen molar-refractivity contribution in [3.05, 3.63) is 58.6 Å². The molecule has 0 heterocycles. The van der Waals surface area contributed by atoms with E-state index in [1.54, 1.807) is 7.11 Å². The third-order valence-electron chi connectivity index (χ3n) is 3.32. The Balaban J connectivity index is 1.99. The van der Waals surface area contributed by atoms with Crippen molar-refractivity contribution in [2.24, 2.45) is 5.92 Å². The van der Waals surface area contributed by atoms with Crippen molar-refractivity contribution in [1.82, 2.24) is 0 Å². The second-order valence-electron chi connectivity index (χ2n) is 5.61. The van der Waals surface area contributed by atoms with Gasteiger partial charge in [0.25, 0.3) is 0 Å². The summed E-state index contributed by atoms with van der Waals surface area (Å²) in [5, 5.41) is 4.05. The van der Waals surface area contributed by atoms with Gasteiger partial charge in [0, 0.05) is 12.6 Å². The third-order valence-corrected chi connectivity index (χ3v) is 3.65. The van der Waals surface area contributed by atoms with Crippen LogP contribution in [0, 0.1) is 5.92 Å². The molecule has 0 unspecified atom stereocenters. The van der Waals surface area contributed by atoms with Gasteiger partial charge in [-0.15, -0.1) is 0 Å². The van der Waals surface area contributed by atoms with E-state index in [-0.39, 0.29) is 0 Å². The summed E-state index contributed by atoms with van der Waals surface area (Å²) in [6.45, 7) is 5.22. The fourth-order valence-electron chi connectivity index (χ4n) is 2.23. The maximum Gasteiger partial charge on any atom is 0.121 e. The standard InChI is InChI=1S/C18H22ClNO/c1-13(2)10-14-4-6-15(7-5-14)12-20-18-11-16(21-3)8-9-17(18)19/h4-9,11,13,20H,10,12H2,1-3H3. The monoisotopic (exact) mass is 303 g/mol. The molecule has 3 heteroatoms. The number of hydrogen-bond acceptors (Lipinski definition) is 2. The van der Waals surface area contributed by atoms with Crippen molar-refractivity contribution in [3.63, 3.8) is 0 Å². The van der Waals surface area contributed by atoms with Crippen LogP contribution in [0.5, 0.6) is 5.75 Å². The molecular weight excluding hydrogens is 282 g/mol. The van der Waals surface area contributed by atoms with Gasteiger partial charge in [-0.1, -0.05) is 49.7 Å². The summed E-state index contributed by atoms with van der Waals surface area (Å²) in [6.07, 6.45) is 1.12. The van der Waals surface area contributed by atoms with Crippen LogP contribution in [0.25, 0.3) is 0 Å². The Morgan fingerprint density at radius 2 is 1.71 bits per heavy atom. The number of halogens is 1. The second kappa shape index (κ2) is 7.37. The van der Waals surface area contributed by atoms with Crippen molar-refractivity contribution in [1.29, 1.82) is 0 Å². The molecule has 0 bridgehead atoms. The molecule has 0 amide bonds. The molecule has 21 heavy (non-hydrogen) atoms. The van der Waals surface area contributed by atoms with Crippen molar-refractivity contribution in [2.75, 3.05) is 12.4 Å². The lowest BCUT2D eigenvalue weighted by molar-refractivity contribution is 0.415. The lowest BCUT2D eigenvalue weighted by Crippen LogP contribution is -2.01. The molecule has 0 radical (unpaired) electrons. The normalized spacial score (nSPS) is 10.7. The Hall–Kier alpha value is -1.67. The minimum atomic E-state index is 0.685. The van der Waals surface area contributed by atoms with E-state index in [4.69, 9.17) is 16.3 Å². The summed E-state index contributed by atoms with van der Waals surface area (Å²) in [5.41, 5.74) is 3.51. The molecule has 1 N–H and O–H groups in total. The van der Waals surface area contributed by atoms with Gasteiger partial charge >= 0.3 is 0 Å². The zero-order chi connectivity index (χ0) is 15.2. The van der Waals surface area contributed by atoms with Gasteiger partial charge in [0.2, 0.25) is 0 Å². The zero-order valence-electron chi connectivity index (χ0n) is 12.8. The van der Waals surface area contributed by atoms with Crippen LogP contribution >= 0.6 is 11.6 Å². The third kappa shape index (κ3) is 4.68. The molecule has 0 fully saturated rings. The van der Waals surface area contributed by atoms with Crippen LogP contribution in [0.4, 0.5) is 5.69 Å². The van der Waals surface area contributed by atoms with E-state index >= 15 is 0 Å². The number of methoxy groups -OCH3 is 1. The summed E-state index contributed by atoms with van der Waals surface area (Å²) < 4.78 is 5.22. The van der Waals surface area contributed by atoms with Crippen molar-refractivity contribution < 1.29 is 4.74 Å². The fraction of sp³-hybridized carbons (Fsp3) is 0.333. The van der Waals surface area contributed by atoms with E-state index in [0.29, 0.717) is 10.9 Å². The average molecular weight is 304 g/mol. The van der Waals surface area contributed by atoms with E-state index in [1.807, 2.05) is 18.2 Å². The minimum absolute atomic E-state index is 0.685. The van der Waals surface area contributed by atoms with Gasteiger partial charge in [0.05, 0.1) is 17.8 Å². The number of benzene rings is 2. The summed E-state index contributed by atoms with van der Waals surface area (Å²) in [6, 6.07) is 14.3. The van der Waals surface area contributed by atoms with E-state index < -0.39 is 0 Å². The van der Waals surface area contributed by atoms with E-state index in [0.717, 1.165) is 24.4 Å². The summed E-state index contributed by atoms with van der Waals surface area (Å²) in [7, 11) is 1.65. The summed E-state index contributed by atoms with van der Waals surface area (Å²) in [5.74, 6) is 1.48. The first-order chi connectivity index (χ1) is 10.1. The molecule has 2 aromatic rings. The quantitative estimate of drug-likeness (QED) is 0.796. The highest BCUT2D eigenvalue weighted by molar-refractivity contribution is 6.33. The largest absolute Gasteiger partial charge is 0.497 e. The van der Waals surface area contributed by atoms with Gasteiger partial charge in [-0.05, 0) is 35.6 Å².